The molecule has 8 nitrogen and oxygen atoms in total. The Bertz CT molecular complexity index is 1020. The van der Waals surface area contributed by atoms with E-state index in [1.54, 1.807) is 57.5 Å². The number of methoxy groups -OCH3 is 2. The number of ether oxygens (including phenoxy) is 3. The van der Waals surface area contributed by atoms with Crippen molar-refractivity contribution in [1.29, 1.82) is 0 Å². The second kappa shape index (κ2) is 8.92. The van der Waals surface area contributed by atoms with Gasteiger partial charge in [-0.15, -0.1) is 0 Å². The Morgan fingerprint density at radius 3 is 2.52 bits per heavy atom. The number of carbonyl (C=O) groups excluding carboxylic acids is 1. The van der Waals surface area contributed by atoms with E-state index < -0.39 is 5.97 Å². The zero-order valence-electron chi connectivity index (χ0n) is 16.4. The van der Waals surface area contributed by atoms with E-state index in [0.717, 1.165) is 0 Å². The normalized spacial score (nSPS) is 10.3. The van der Waals surface area contributed by atoms with Gasteiger partial charge in [0.1, 0.15) is 11.6 Å². The van der Waals surface area contributed by atoms with Crippen molar-refractivity contribution < 1.29 is 19.0 Å². The Morgan fingerprint density at radius 2 is 1.79 bits per heavy atom. The Morgan fingerprint density at radius 1 is 1.03 bits per heavy atom. The number of esters is 1. The number of benzene rings is 2. The van der Waals surface area contributed by atoms with Gasteiger partial charge in [0.25, 0.3) is 0 Å². The van der Waals surface area contributed by atoms with Crippen molar-refractivity contribution >= 4 is 23.3 Å². The van der Waals surface area contributed by atoms with Gasteiger partial charge in [0.15, 0.2) is 17.3 Å². The van der Waals surface area contributed by atoms with Gasteiger partial charge in [0.05, 0.1) is 32.1 Å². The van der Waals surface area contributed by atoms with Gasteiger partial charge in [-0.2, -0.15) is 0 Å². The van der Waals surface area contributed by atoms with Crippen molar-refractivity contribution in [2.24, 2.45) is 0 Å². The average molecular weight is 394 g/mol. The van der Waals surface area contributed by atoms with E-state index in [0.29, 0.717) is 40.0 Å². The van der Waals surface area contributed by atoms with Crippen LogP contribution in [-0.2, 0) is 4.74 Å². The number of aromatic nitrogens is 2. The van der Waals surface area contributed by atoms with E-state index in [2.05, 4.69) is 15.3 Å². The summed E-state index contributed by atoms with van der Waals surface area (Å²) in [5, 5.41) is 3.13. The van der Waals surface area contributed by atoms with Crippen LogP contribution in [0.4, 0.5) is 17.3 Å². The van der Waals surface area contributed by atoms with E-state index in [9.17, 15) is 4.79 Å². The van der Waals surface area contributed by atoms with E-state index >= 15 is 0 Å². The van der Waals surface area contributed by atoms with Crippen molar-refractivity contribution in [2.75, 3.05) is 31.9 Å². The molecule has 0 aliphatic heterocycles. The number of para-hydroxylation sites is 1. The van der Waals surface area contributed by atoms with E-state index in [1.807, 2.05) is 12.1 Å². The number of nitrogens with two attached hydrogens (primary N) is 1. The van der Waals surface area contributed by atoms with Crippen LogP contribution < -0.4 is 20.5 Å². The molecule has 0 atom stereocenters. The highest BCUT2D eigenvalue weighted by atomic mass is 16.5. The zero-order valence-corrected chi connectivity index (χ0v) is 16.4. The van der Waals surface area contributed by atoms with Crippen LogP contribution in [0.2, 0.25) is 0 Å². The minimum absolute atomic E-state index is 0.279. The summed E-state index contributed by atoms with van der Waals surface area (Å²) in [4.78, 5) is 21.0. The molecular formula is C21H22N4O4. The molecule has 1 heterocycles. The van der Waals surface area contributed by atoms with Gasteiger partial charge in [-0.25, -0.2) is 14.8 Å². The molecule has 3 rings (SSSR count). The molecule has 0 aliphatic carbocycles. The highest BCUT2D eigenvalue weighted by Crippen LogP contribution is 2.32. The zero-order chi connectivity index (χ0) is 20.8. The number of nitrogen functional groups attached to an aromatic ring is 1. The van der Waals surface area contributed by atoms with Crippen molar-refractivity contribution in [2.45, 2.75) is 6.92 Å². The fourth-order valence-electron chi connectivity index (χ4n) is 2.75. The predicted molar refractivity (Wildman–Crippen MR) is 111 cm³/mol. The van der Waals surface area contributed by atoms with Crippen LogP contribution >= 0.6 is 0 Å². The Balaban J connectivity index is 1.96. The maximum absolute atomic E-state index is 12.2. The van der Waals surface area contributed by atoms with Gasteiger partial charge >= 0.3 is 5.97 Å². The first-order valence-electron chi connectivity index (χ1n) is 8.95. The van der Waals surface area contributed by atoms with Crippen molar-refractivity contribution in [3.63, 3.8) is 0 Å². The third-order valence-electron chi connectivity index (χ3n) is 4.07. The lowest BCUT2D eigenvalue weighted by Gasteiger charge is -2.13. The van der Waals surface area contributed by atoms with Crippen LogP contribution in [0, 0.1) is 0 Å². The summed E-state index contributed by atoms with van der Waals surface area (Å²) in [6, 6.07) is 14.0. The van der Waals surface area contributed by atoms with Crippen molar-refractivity contribution in [3.8, 4) is 22.9 Å². The third-order valence-corrected chi connectivity index (χ3v) is 4.07. The third kappa shape index (κ3) is 4.55. The molecule has 8 heteroatoms. The molecule has 0 amide bonds. The number of hydrogen-bond donors (Lipinski definition) is 2. The number of rotatable bonds is 7. The highest BCUT2D eigenvalue weighted by Gasteiger charge is 2.14. The molecule has 0 bridgehead atoms. The highest BCUT2D eigenvalue weighted by molar-refractivity contribution is 5.96. The lowest BCUT2D eigenvalue weighted by Crippen LogP contribution is -2.09. The van der Waals surface area contributed by atoms with Crippen molar-refractivity contribution in [3.05, 3.63) is 54.1 Å². The molecule has 3 N–H and O–H groups in total. The first kappa shape index (κ1) is 19.9. The SMILES string of the molecule is CCOC(=O)c1ccccc1Nc1cc(N)nc(-c2ccc(OC)c(OC)c2)n1. The lowest BCUT2D eigenvalue weighted by molar-refractivity contribution is 0.0527. The largest absolute Gasteiger partial charge is 0.493 e. The van der Waals surface area contributed by atoms with Crippen LogP contribution in [0.5, 0.6) is 11.5 Å². The summed E-state index contributed by atoms with van der Waals surface area (Å²) in [6.07, 6.45) is 0. The van der Waals surface area contributed by atoms with E-state index in [-0.39, 0.29) is 12.4 Å². The Hall–Kier alpha value is -3.81. The molecule has 0 fully saturated rings. The molecular weight excluding hydrogens is 372 g/mol. The molecule has 0 aliphatic rings. The number of nitrogens with zero attached hydrogens (tertiary/aromatic N) is 2. The molecule has 0 saturated carbocycles. The van der Waals surface area contributed by atoms with Crippen LogP contribution in [0.15, 0.2) is 48.5 Å². The first-order valence-corrected chi connectivity index (χ1v) is 8.95. The maximum atomic E-state index is 12.2. The average Bonchev–Trinajstić information content (AvgIpc) is 2.73. The molecule has 0 unspecified atom stereocenters. The standard InChI is InChI=1S/C21H22N4O4/c1-4-29-21(26)14-7-5-6-8-15(14)23-19-12-18(22)24-20(25-19)13-9-10-16(27-2)17(11-13)28-3/h5-12H,4H2,1-3H3,(H3,22,23,24,25). The minimum atomic E-state index is -0.419. The van der Waals surface area contributed by atoms with Crippen LogP contribution in [0.25, 0.3) is 11.4 Å². The van der Waals surface area contributed by atoms with Gasteiger partial charge in [-0.3, -0.25) is 0 Å². The van der Waals surface area contributed by atoms with Gasteiger partial charge < -0.3 is 25.3 Å². The predicted octanol–water partition coefficient (Wildman–Crippen LogP) is 3.66. The minimum Gasteiger partial charge on any atom is -0.493 e. The summed E-state index contributed by atoms with van der Waals surface area (Å²) >= 11 is 0. The summed E-state index contributed by atoms with van der Waals surface area (Å²) in [5.41, 5.74) is 7.65. The second-order valence-electron chi connectivity index (χ2n) is 5.96. The Kier molecular flexibility index (Phi) is 6.13. The molecule has 0 saturated heterocycles. The number of hydrogen-bond acceptors (Lipinski definition) is 8. The summed E-state index contributed by atoms with van der Waals surface area (Å²) < 4.78 is 15.7. The quantitative estimate of drug-likeness (QED) is 0.585. The van der Waals surface area contributed by atoms with Gasteiger partial charge in [-0.05, 0) is 37.3 Å². The molecule has 2 aromatic carbocycles. The second-order valence-corrected chi connectivity index (χ2v) is 5.96. The maximum Gasteiger partial charge on any atom is 0.340 e. The number of carbonyl (C=O) groups is 1. The molecule has 1 aromatic heterocycles. The fraction of sp³-hybridized carbons (Fsp3) is 0.190. The van der Waals surface area contributed by atoms with Crippen LogP contribution in [0.1, 0.15) is 17.3 Å². The summed E-state index contributed by atoms with van der Waals surface area (Å²) in [6.45, 7) is 2.05. The van der Waals surface area contributed by atoms with Gasteiger partial charge in [0, 0.05) is 11.6 Å². The van der Waals surface area contributed by atoms with E-state index in [1.165, 1.54) is 0 Å². The molecule has 0 spiro atoms. The molecule has 3 aromatic rings. The monoisotopic (exact) mass is 394 g/mol. The van der Waals surface area contributed by atoms with Gasteiger partial charge in [0.2, 0.25) is 0 Å². The smallest absolute Gasteiger partial charge is 0.340 e. The van der Waals surface area contributed by atoms with Gasteiger partial charge in [-0.1, -0.05) is 12.1 Å². The molecule has 150 valence electrons. The summed E-state index contributed by atoms with van der Waals surface area (Å²) in [5.74, 6) is 1.86. The van der Waals surface area contributed by atoms with E-state index in [4.69, 9.17) is 19.9 Å². The Labute approximate surface area is 168 Å². The fourth-order valence-corrected chi connectivity index (χ4v) is 2.75. The first-order chi connectivity index (χ1) is 14.0. The lowest BCUT2D eigenvalue weighted by atomic mass is 10.1. The summed E-state index contributed by atoms with van der Waals surface area (Å²) in [7, 11) is 3.12. The number of anilines is 3. The van der Waals surface area contributed by atoms with Crippen molar-refractivity contribution in [1.82, 2.24) is 9.97 Å². The molecule has 29 heavy (non-hydrogen) atoms. The topological polar surface area (TPSA) is 109 Å². The van der Waals surface area contributed by atoms with Crippen LogP contribution in [0.3, 0.4) is 0 Å². The van der Waals surface area contributed by atoms with Crippen LogP contribution in [-0.4, -0.2) is 36.8 Å². The molecule has 0 radical (unpaired) electrons. The number of nitrogens with one attached hydrogen (secondary N) is 1.